The third-order valence-electron chi connectivity index (χ3n) is 5.36. The summed E-state index contributed by atoms with van der Waals surface area (Å²) in [5.41, 5.74) is 1.09. The molecule has 0 atom stereocenters. The zero-order chi connectivity index (χ0) is 23.0. The number of piperidine rings is 1. The lowest BCUT2D eigenvalue weighted by Gasteiger charge is -2.34. The van der Waals surface area contributed by atoms with Gasteiger partial charge < -0.3 is 4.90 Å². The van der Waals surface area contributed by atoms with E-state index in [4.69, 9.17) is 5.26 Å². The molecule has 0 unspecified atom stereocenters. The number of benzene rings is 1. The molecule has 3 aromatic rings. The van der Waals surface area contributed by atoms with E-state index in [-0.39, 0.29) is 12.0 Å². The highest BCUT2D eigenvalue weighted by atomic mass is 19.1. The first-order chi connectivity index (χ1) is 15.4. The average Bonchev–Trinajstić information content (AvgIpc) is 2.83. The highest BCUT2D eigenvalue weighted by Crippen LogP contribution is 2.30. The van der Waals surface area contributed by atoms with E-state index in [1.54, 1.807) is 30.6 Å². The Morgan fingerprint density at radius 1 is 1.19 bits per heavy atom. The first kappa shape index (κ1) is 23.1. The van der Waals surface area contributed by atoms with E-state index in [1.165, 1.54) is 24.5 Å². The molecule has 0 bridgehead atoms. The second-order valence-electron chi connectivity index (χ2n) is 7.70. The van der Waals surface area contributed by atoms with Gasteiger partial charge in [0.05, 0.1) is 23.0 Å². The molecule has 1 saturated heterocycles. The molecule has 2 aromatic heterocycles. The van der Waals surface area contributed by atoms with E-state index < -0.39 is 11.5 Å². The summed E-state index contributed by atoms with van der Waals surface area (Å²) in [6.45, 7) is 1.41. The molecule has 0 N–H and O–H groups in total. The normalized spacial score (nSPS) is 15.2. The number of likely N-dealkylation sites (tertiary alicyclic amines) is 1. The number of carbonyl (C=O) groups excluding carboxylic acids is 1. The topological polar surface area (TPSA) is 82.8 Å². The van der Waals surface area contributed by atoms with Gasteiger partial charge in [0.25, 0.3) is 0 Å². The Labute approximate surface area is 185 Å². The van der Waals surface area contributed by atoms with Gasteiger partial charge in [-0.25, -0.2) is 18.7 Å². The van der Waals surface area contributed by atoms with Crippen molar-refractivity contribution >= 4 is 6.29 Å². The van der Waals surface area contributed by atoms with Gasteiger partial charge >= 0.3 is 0 Å². The fourth-order valence-corrected chi connectivity index (χ4v) is 3.46. The van der Waals surface area contributed by atoms with Crippen molar-refractivity contribution in [3.8, 4) is 17.5 Å². The monoisotopic (exact) mass is 435 g/mol. The van der Waals surface area contributed by atoms with Crippen molar-refractivity contribution in [3.05, 3.63) is 77.6 Å². The van der Waals surface area contributed by atoms with Crippen LogP contribution in [-0.2, 0) is 6.42 Å². The van der Waals surface area contributed by atoms with Crippen LogP contribution in [0.25, 0.3) is 11.4 Å². The molecule has 1 aliphatic rings. The zero-order valence-electron chi connectivity index (χ0n) is 17.7. The number of nitriles is 1. The smallest absolute Gasteiger partial charge is 0.152 e. The number of halogens is 2. The summed E-state index contributed by atoms with van der Waals surface area (Å²) in [6.07, 6.45) is 6.41. The molecular formula is C24H23F2N5O. The number of alkyl halides is 1. The summed E-state index contributed by atoms with van der Waals surface area (Å²) in [5.74, 6) is -0.481. The summed E-state index contributed by atoms with van der Waals surface area (Å²) in [7, 11) is 1.96. The first-order valence-corrected chi connectivity index (χ1v) is 10.2. The van der Waals surface area contributed by atoms with Crippen LogP contribution in [0.15, 0.2) is 55.1 Å². The number of hydrogen-bond donors (Lipinski definition) is 0. The highest BCUT2D eigenvalue weighted by molar-refractivity contribution is 5.84. The van der Waals surface area contributed by atoms with Crippen molar-refractivity contribution < 1.29 is 13.6 Å². The van der Waals surface area contributed by atoms with Gasteiger partial charge in [0.1, 0.15) is 17.8 Å². The van der Waals surface area contributed by atoms with Crippen LogP contribution in [0.1, 0.15) is 34.3 Å². The maximum absolute atomic E-state index is 14.5. The Morgan fingerprint density at radius 3 is 2.59 bits per heavy atom. The van der Waals surface area contributed by atoms with Crippen molar-refractivity contribution in [2.75, 3.05) is 20.1 Å². The number of hydrogen-bond acceptors (Lipinski definition) is 6. The van der Waals surface area contributed by atoms with Gasteiger partial charge in [0.15, 0.2) is 6.29 Å². The Morgan fingerprint density at radius 2 is 1.97 bits per heavy atom. The number of pyridine rings is 1. The number of aromatic nitrogens is 3. The first-order valence-electron chi connectivity index (χ1n) is 10.2. The lowest BCUT2D eigenvalue weighted by molar-refractivity contribution is 0.0690. The van der Waals surface area contributed by atoms with Crippen LogP contribution >= 0.6 is 0 Å². The van der Waals surface area contributed by atoms with Gasteiger partial charge in [-0.15, -0.1) is 0 Å². The molecule has 0 aliphatic carbocycles. The Balaban J connectivity index is 0.000000186. The van der Waals surface area contributed by atoms with Crippen molar-refractivity contribution in [1.82, 2.24) is 19.9 Å². The van der Waals surface area contributed by atoms with Gasteiger partial charge in [-0.1, -0.05) is 6.07 Å². The van der Waals surface area contributed by atoms with Crippen LogP contribution in [0.2, 0.25) is 0 Å². The predicted octanol–water partition coefficient (Wildman–Crippen LogP) is 4.02. The third-order valence-corrected chi connectivity index (χ3v) is 5.36. The third kappa shape index (κ3) is 5.99. The molecule has 0 radical (unpaired) electrons. The van der Waals surface area contributed by atoms with Gasteiger partial charge in [-0.05, 0) is 55.8 Å². The lowest BCUT2D eigenvalue weighted by atomic mass is 9.87. The molecule has 164 valence electrons. The van der Waals surface area contributed by atoms with Crippen molar-refractivity contribution in [3.63, 3.8) is 0 Å². The number of carbonyl (C=O) groups is 1. The Kier molecular flexibility index (Phi) is 7.68. The van der Waals surface area contributed by atoms with Crippen molar-refractivity contribution in [1.29, 1.82) is 5.26 Å². The fraction of sp³-hybridized carbons (Fsp3) is 0.292. The molecule has 0 saturated carbocycles. The van der Waals surface area contributed by atoms with E-state index >= 15 is 0 Å². The van der Waals surface area contributed by atoms with Crippen LogP contribution in [0.4, 0.5) is 8.78 Å². The standard InChI is InChI=1S/C14H16F2N2.C10H7N3O/c1-18-6-4-14(16,5-7-18)9-12-3-2-11(10-17)8-13(12)15;14-6-8-2-1-4-12-10(8)9-3-5-11-7-13-9/h2-3,8H,4-7,9H2,1H3;1-7H. The molecule has 3 heterocycles. The highest BCUT2D eigenvalue weighted by Gasteiger charge is 2.34. The van der Waals surface area contributed by atoms with Gasteiger partial charge in [0, 0.05) is 37.5 Å². The molecule has 32 heavy (non-hydrogen) atoms. The molecule has 1 aliphatic heterocycles. The van der Waals surface area contributed by atoms with Crippen LogP contribution in [-0.4, -0.2) is 51.9 Å². The summed E-state index contributed by atoms with van der Waals surface area (Å²) in [5, 5.41) is 8.66. The van der Waals surface area contributed by atoms with E-state index in [2.05, 4.69) is 19.9 Å². The number of aldehydes is 1. The molecule has 1 aromatic carbocycles. The quantitative estimate of drug-likeness (QED) is 0.576. The summed E-state index contributed by atoms with van der Waals surface area (Å²) in [6, 6.07) is 11.2. The van der Waals surface area contributed by atoms with E-state index in [9.17, 15) is 13.6 Å². The molecule has 4 rings (SSSR count). The second-order valence-corrected chi connectivity index (χ2v) is 7.70. The van der Waals surface area contributed by atoms with Crippen LogP contribution < -0.4 is 0 Å². The molecule has 0 amide bonds. The summed E-state index contributed by atoms with van der Waals surface area (Å²) < 4.78 is 28.2. The van der Waals surface area contributed by atoms with Gasteiger partial charge in [-0.2, -0.15) is 5.26 Å². The molecule has 8 heteroatoms. The molecule has 1 fully saturated rings. The Hall–Kier alpha value is -3.57. The maximum Gasteiger partial charge on any atom is 0.152 e. The molecule has 0 spiro atoms. The maximum atomic E-state index is 14.5. The van der Waals surface area contributed by atoms with Crippen LogP contribution in [0.3, 0.4) is 0 Å². The van der Waals surface area contributed by atoms with Gasteiger partial charge in [0.2, 0.25) is 0 Å². The Bertz CT molecular complexity index is 1090. The summed E-state index contributed by atoms with van der Waals surface area (Å²) >= 11 is 0. The minimum absolute atomic E-state index is 0.0956. The minimum Gasteiger partial charge on any atom is -0.306 e. The van der Waals surface area contributed by atoms with Crippen LogP contribution in [0.5, 0.6) is 0 Å². The van der Waals surface area contributed by atoms with E-state index in [0.29, 0.717) is 48.4 Å². The van der Waals surface area contributed by atoms with E-state index in [1.807, 2.05) is 13.1 Å². The average molecular weight is 435 g/mol. The minimum atomic E-state index is -1.32. The lowest BCUT2D eigenvalue weighted by Crippen LogP contribution is -2.41. The van der Waals surface area contributed by atoms with Crippen molar-refractivity contribution in [2.45, 2.75) is 24.9 Å². The number of rotatable bonds is 4. The predicted molar refractivity (Wildman–Crippen MR) is 116 cm³/mol. The largest absolute Gasteiger partial charge is 0.306 e. The molecular weight excluding hydrogens is 412 g/mol. The number of nitrogens with zero attached hydrogens (tertiary/aromatic N) is 5. The van der Waals surface area contributed by atoms with E-state index in [0.717, 1.165) is 6.29 Å². The second kappa shape index (κ2) is 10.6. The van der Waals surface area contributed by atoms with Gasteiger partial charge in [-0.3, -0.25) is 9.78 Å². The SMILES string of the molecule is CN1CCC(F)(Cc2ccc(C#N)cc2F)CC1.O=Cc1cccnc1-c1ccncn1. The van der Waals surface area contributed by atoms with Crippen molar-refractivity contribution in [2.24, 2.45) is 0 Å². The molecule has 6 nitrogen and oxygen atoms in total. The van der Waals surface area contributed by atoms with Crippen LogP contribution in [0, 0.1) is 17.1 Å². The summed E-state index contributed by atoms with van der Waals surface area (Å²) in [4.78, 5) is 24.7. The zero-order valence-corrected chi connectivity index (χ0v) is 17.7. The fourth-order valence-electron chi connectivity index (χ4n) is 3.46.